The second-order valence-electron chi connectivity index (χ2n) is 8.93. The smallest absolute Gasteiger partial charge is 0.319 e. The van der Waals surface area contributed by atoms with Crippen LogP contribution < -0.4 is 26.4 Å². The highest BCUT2D eigenvalue weighted by Crippen LogP contribution is 2.31. The number of urea groups is 1. The maximum Gasteiger partial charge on any atom is 0.319 e. The van der Waals surface area contributed by atoms with E-state index in [0.717, 1.165) is 57.1 Å². The Labute approximate surface area is 212 Å². The predicted octanol–water partition coefficient (Wildman–Crippen LogP) is 1.22. The molecule has 1 saturated heterocycles. The lowest BCUT2D eigenvalue weighted by Gasteiger charge is -2.32. The SMILES string of the molecule is CN1CCN(CCNC(=O)Nc2snc(OCc3ccc(F)c(C(=O)NC4CC4)c3)c2C(N)=O)CC1. The molecule has 194 valence electrons. The molecule has 1 aliphatic carbocycles. The Kier molecular flexibility index (Phi) is 8.33. The molecular formula is C23H30FN7O4S. The third-order valence-corrected chi connectivity index (χ3v) is 6.75. The van der Waals surface area contributed by atoms with Crippen LogP contribution in [0.2, 0.25) is 0 Å². The number of anilines is 1. The Morgan fingerprint density at radius 1 is 1.22 bits per heavy atom. The summed E-state index contributed by atoms with van der Waals surface area (Å²) in [6.07, 6.45) is 1.78. The van der Waals surface area contributed by atoms with E-state index in [9.17, 15) is 18.8 Å². The second-order valence-corrected chi connectivity index (χ2v) is 9.71. The van der Waals surface area contributed by atoms with Crippen LogP contribution in [-0.4, -0.2) is 84.4 Å². The normalized spacial score (nSPS) is 16.4. The second kappa shape index (κ2) is 11.6. The van der Waals surface area contributed by atoms with Crippen LogP contribution in [0.25, 0.3) is 0 Å². The highest BCUT2D eigenvalue weighted by molar-refractivity contribution is 7.11. The molecule has 4 rings (SSSR count). The first-order valence-electron chi connectivity index (χ1n) is 11.8. The number of halogens is 1. The van der Waals surface area contributed by atoms with E-state index in [-0.39, 0.29) is 34.7 Å². The number of carbonyl (C=O) groups is 3. The Bertz CT molecular complexity index is 1120. The number of amides is 4. The number of hydrogen-bond acceptors (Lipinski definition) is 8. The van der Waals surface area contributed by atoms with Crippen molar-refractivity contribution in [3.8, 4) is 5.88 Å². The topological polar surface area (TPSA) is 142 Å². The molecule has 0 radical (unpaired) electrons. The van der Waals surface area contributed by atoms with E-state index in [4.69, 9.17) is 10.5 Å². The quantitative estimate of drug-likeness (QED) is 0.370. The van der Waals surface area contributed by atoms with Gasteiger partial charge in [-0.25, -0.2) is 9.18 Å². The third kappa shape index (κ3) is 6.89. The molecule has 1 aromatic carbocycles. The minimum absolute atomic E-state index is 0.0476. The number of carbonyl (C=O) groups excluding carboxylic acids is 3. The molecule has 11 nitrogen and oxygen atoms in total. The zero-order valence-electron chi connectivity index (χ0n) is 20.0. The van der Waals surface area contributed by atoms with E-state index in [1.165, 1.54) is 18.2 Å². The molecule has 1 saturated carbocycles. The van der Waals surface area contributed by atoms with Gasteiger partial charge in [-0.15, -0.1) is 0 Å². The van der Waals surface area contributed by atoms with Gasteiger partial charge in [0.1, 0.15) is 23.0 Å². The molecule has 36 heavy (non-hydrogen) atoms. The van der Waals surface area contributed by atoms with Crippen molar-refractivity contribution in [2.24, 2.45) is 5.73 Å². The van der Waals surface area contributed by atoms with E-state index < -0.39 is 23.7 Å². The van der Waals surface area contributed by atoms with Crippen LogP contribution in [0.4, 0.5) is 14.2 Å². The molecular weight excluding hydrogens is 489 g/mol. The molecule has 2 aromatic rings. The highest BCUT2D eigenvalue weighted by atomic mass is 32.1. The number of nitrogens with zero attached hydrogens (tertiary/aromatic N) is 3. The van der Waals surface area contributed by atoms with Crippen molar-refractivity contribution in [2.75, 3.05) is 51.6 Å². The summed E-state index contributed by atoms with van der Waals surface area (Å²) in [6.45, 7) is 4.97. The van der Waals surface area contributed by atoms with E-state index in [2.05, 4.69) is 37.2 Å². The summed E-state index contributed by atoms with van der Waals surface area (Å²) in [6, 6.07) is 3.69. The maximum absolute atomic E-state index is 14.1. The number of nitrogens with one attached hydrogen (secondary N) is 3. The number of likely N-dealkylation sites (N-methyl/N-ethyl adjacent to an activating group) is 1. The summed E-state index contributed by atoms with van der Waals surface area (Å²) in [7, 11) is 2.08. The summed E-state index contributed by atoms with van der Waals surface area (Å²) in [5.41, 5.74) is 5.89. The summed E-state index contributed by atoms with van der Waals surface area (Å²) < 4.78 is 23.9. The van der Waals surface area contributed by atoms with Gasteiger partial charge < -0.3 is 26.0 Å². The van der Waals surface area contributed by atoms with Crippen molar-refractivity contribution in [2.45, 2.75) is 25.5 Å². The Balaban J connectivity index is 1.32. The van der Waals surface area contributed by atoms with Crippen LogP contribution in [0.3, 0.4) is 0 Å². The lowest BCUT2D eigenvalue weighted by molar-refractivity contribution is 0.0945. The fraction of sp³-hybridized carbons (Fsp3) is 0.478. The van der Waals surface area contributed by atoms with Crippen molar-refractivity contribution in [3.63, 3.8) is 0 Å². The van der Waals surface area contributed by atoms with Crippen LogP contribution >= 0.6 is 11.5 Å². The first-order chi connectivity index (χ1) is 17.3. The molecule has 13 heteroatoms. The van der Waals surface area contributed by atoms with Crippen molar-refractivity contribution in [1.29, 1.82) is 0 Å². The molecule has 1 aliphatic heterocycles. The monoisotopic (exact) mass is 519 g/mol. The number of primary amides is 1. The fourth-order valence-corrected chi connectivity index (χ4v) is 4.44. The van der Waals surface area contributed by atoms with Gasteiger partial charge in [0, 0.05) is 45.3 Å². The number of piperazine rings is 1. The van der Waals surface area contributed by atoms with Crippen molar-refractivity contribution < 1.29 is 23.5 Å². The number of benzene rings is 1. The van der Waals surface area contributed by atoms with Gasteiger partial charge in [-0.2, -0.15) is 4.37 Å². The van der Waals surface area contributed by atoms with Gasteiger partial charge in [-0.1, -0.05) is 6.07 Å². The Morgan fingerprint density at radius 2 is 1.97 bits per heavy atom. The number of aromatic nitrogens is 1. The summed E-state index contributed by atoms with van der Waals surface area (Å²) in [4.78, 5) is 41.2. The number of hydrogen-bond donors (Lipinski definition) is 4. The van der Waals surface area contributed by atoms with Crippen molar-refractivity contribution >= 4 is 34.4 Å². The predicted molar refractivity (Wildman–Crippen MR) is 133 cm³/mol. The van der Waals surface area contributed by atoms with Gasteiger partial charge >= 0.3 is 6.03 Å². The van der Waals surface area contributed by atoms with Gasteiger partial charge in [0.2, 0.25) is 5.88 Å². The number of rotatable bonds is 10. The molecule has 4 amide bonds. The first kappa shape index (κ1) is 25.8. The fourth-order valence-electron chi connectivity index (χ4n) is 3.70. The summed E-state index contributed by atoms with van der Waals surface area (Å²) in [5.74, 6) is -1.97. The van der Waals surface area contributed by atoms with Gasteiger partial charge in [0.05, 0.1) is 5.56 Å². The lowest BCUT2D eigenvalue weighted by Crippen LogP contribution is -2.47. The van der Waals surface area contributed by atoms with E-state index in [1.807, 2.05) is 0 Å². The van der Waals surface area contributed by atoms with Crippen LogP contribution in [0, 0.1) is 5.82 Å². The average molecular weight is 520 g/mol. The zero-order chi connectivity index (χ0) is 25.7. The number of nitrogens with two attached hydrogens (primary N) is 1. The lowest BCUT2D eigenvalue weighted by atomic mass is 10.1. The van der Waals surface area contributed by atoms with Gasteiger partial charge in [0.15, 0.2) is 0 Å². The zero-order valence-corrected chi connectivity index (χ0v) is 20.8. The van der Waals surface area contributed by atoms with Crippen LogP contribution in [0.15, 0.2) is 18.2 Å². The van der Waals surface area contributed by atoms with Gasteiger partial charge in [-0.05, 0) is 49.1 Å². The standard InChI is InChI=1S/C23H30FN7O4S/c1-30-8-10-31(11-9-30)7-6-26-23(34)28-22-18(19(25)32)21(29-36-22)35-13-14-2-5-17(24)16(12-14)20(33)27-15-3-4-15/h2,5,12,15H,3-4,6-11,13H2,1H3,(H2,25,32)(H,27,33)(H2,26,28,34). The first-order valence-corrected chi connectivity index (χ1v) is 12.5. The maximum atomic E-state index is 14.1. The van der Waals surface area contributed by atoms with Crippen LogP contribution in [-0.2, 0) is 6.61 Å². The van der Waals surface area contributed by atoms with E-state index in [0.29, 0.717) is 12.1 Å². The van der Waals surface area contributed by atoms with Crippen molar-refractivity contribution in [3.05, 3.63) is 40.7 Å². The molecule has 0 bridgehead atoms. The van der Waals surface area contributed by atoms with Gasteiger partial charge in [0.25, 0.3) is 11.8 Å². The van der Waals surface area contributed by atoms with Crippen LogP contribution in [0.1, 0.15) is 39.1 Å². The molecule has 0 spiro atoms. The molecule has 0 atom stereocenters. The van der Waals surface area contributed by atoms with Gasteiger partial charge in [-0.3, -0.25) is 19.8 Å². The Hall–Kier alpha value is -3.29. The minimum Gasteiger partial charge on any atom is -0.472 e. The third-order valence-electron chi connectivity index (χ3n) is 6.01. The molecule has 0 unspecified atom stereocenters. The molecule has 5 N–H and O–H groups in total. The summed E-state index contributed by atoms with van der Waals surface area (Å²) >= 11 is 0.866. The highest BCUT2D eigenvalue weighted by Gasteiger charge is 2.26. The van der Waals surface area contributed by atoms with E-state index in [1.54, 1.807) is 0 Å². The van der Waals surface area contributed by atoms with Crippen molar-refractivity contribution in [1.82, 2.24) is 24.8 Å². The molecule has 2 fully saturated rings. The minimum atomic E-state index is -0.810. The number of ether oxygens (including phenoxy) is 1. The molecule has 2 heterocycles. The molecule has 1 aromatic heterocycles. The van der Waals surface area contributed by atoms with E-state index >= 15 is 0 Å². The Morgan fingerprint density at radius 3 is 2.67 bits per heavy atom. The average Bonchev–Trinajstić information content (AvgIpc) is 3.57. The summed E-state index contributed by atoms with van der Waals surface area (Å²) in [5, 5.41) is 8.29. The van der Waals surface area contributed by atoms with Crippen LogP contribution in [0.5, 0.6) is 5.88 Å². The molecule has 2 aliphatic rings. The largest absolute Gasteiger partial charge is 0.472 e.